The van der Waals surface area contributed by atoms with Crippen LogP contribution in [0.2, 0.25) is 0 Å². The second-order valence-corrected chi connectivity index (χ2v) is 6.94. The maximum Gasteiger partial charge on any atom is 0.230 e. The molecule has 0 spiro atoms. The zero-order chi connectivity index (χ0) is 17.6. The molecule has 132 valence electrons. The Balaban J connectivity index is 1.92. The molecule has 25 heavy (non-hydrogen) atoms. The molecule has 0 amide bonds. The quantitative estimate of drug-likeness (QED) is 0.790. The number of hydrogen-bond donors (Lipinski definition) is 1. The van der Waals surface area contributed by atoms with E-state index in [9.17, 15) is 0 Å². The largest absolute Gasteiger partial charge is 0.354 e. The van der Waals surface area contributed by atoms with Crippen molar-refractivity contribution < 1.29 is 0 Å². The Bertz CT molecular complexity index is 748. The van der Waals surface area contributed by atoms with E-state index in [2.05, 4.69) is 42.4 Å². The zero-order valence-electron chi connectivity index (χ0n) is 14.8. The summed E-state index contributed by atoms with van der Waals surface area (Å²) in [5, 5.41) is 4.64. The van der Waals surface area contributed by atoms with Crippen LogP contribution >= 0.6 is 11.8 Å². The number of nitrogens with zero attached hydrogens (tertiary/aromatic N) is 6. The molecule has 2 aromatic heterocycles. The second-order valence-electron chi connectivity index (χ2n) is 5.98. The van der Waals surface area contributed by atoms with Crippen molar-refractivity contribution in [3.8, 4) is 0 Å². The number of hydrogen-bond acceptors (Lipinski definition) is 8. The Hall–Kier alpha value is -2.22. The normalized spacial score (nSPS) is 16.7. The molecule has 8 heteroatoms. The first-order valence-corrected chi connectivity index (χ1v) is 9.31. The molecule has 1 unspecified atom stereocenters. The van der Waals surface area contributed by atoms with Gasteiger partial charge in [0.25, 0.3) is 0 Å². The lowest BCUT2D eigenvalue weighted by Gasteiger charge is -2.18. The highest BCUT2D eigenvalue weighted by atomic mass is 32.2. The summed E-state index contributed by atoms with van der Waals surface area (Å²) < 4.78 is 0. The van der Waals surface area contributed by atoms with Gasteiger partial charge in [0.2, 0.25) is 17.1 Å². The van der Waals surface area contributed by atoms with E-state index >= 15 is 0 Å². The summed E-state index contributed by atoms with van der Waals surface area (Å²) >= 11 is 1.44. The van der Waals surface area contributed by atoms with Crippen LogP contribution in [0.3, 0.4) is 0 Å². The molecule has 0 aromatic carbocycles. The molecule has 2 aromatic rings. The van der Waals surface area contributed by atoms with Gasteiger partial charge in [-0.25, -0.2) is 4.98 Å². The van der Waals surface area contributed by atoms with Crippen LogP contribution in [0.15, 0.2) is 34.7 Å². The van der Waals surface area contributed by atoms with Gasteiger partial charge in [-0.1, -0.05) is 12.2 Å². The molecular formula is C17H23N7S. The molecule has 1 aliphatic carbocycles. The first-order valence-electron chi connectivity index (χ1n) is 8.50. The number of aromatic nitrogens is 5. The highest BCUT2D eigenvalue weighted by Crippen LogP contribution is 2.34. The van der Waals surface area contributed by atoms with Crippen LogP contribution in [0.25, 0.3) is 0 Å². The predicted molar refractivity (Wildman–Crippen MR) is 100 cm³/mol. The third-order valence-electron chi connectivity index (χ3n) is 3.82. The van der Waals surface area contributed by atoms with Crippen LogP contribution in [0.4, 0.5) is 11.9 Å². The lowest BCUT2D eigenvalue weighted by Crippen LogP contribution is -2.15. The molecule has 0 aliphatic heterocycles. The first-order chi connectivity index (χ1) is 12.2. The van der Waals surface area contributed by atoms with Crippen LogP contribution in [0.5, 0.6) is 0 Å². The van der Waals surface area contributed by atoms with Gasteiger partial charge in [-0.2, -0.15) is 15.0 Å². The van der Waals surface area contributed by atoms with E-state index in [1.807, 2.05) is 25.9 Å². The number of nitrogens with one attached hydrogen (secondary N) is 1. The summed E-state index contributed by atoms with van der Waals surface area (Å²) in [6, 6.07) is 0. The molecule has 3 rings (SSSR count). The number of anilines is 2. The molecule has 2 heterocycles. The van der Waals surface area contributed by atoms with Gasteiger partial charge in [0, 0.05) is 39.0 Å². The fourth-order valence-electron chi connectivity index (χ4n) is 2.62. The minimum atomic E-state index is 0.313. The molecule has 0 bridgehead atoms. The fourth-order valence-corrected chi connectivity index (χ4v) is 3.48. The summed E-state index contributed by atoms with van der Waals surface area (Å²) in [5.74, 6) is 1.51. The van der Waals surface area contributed by atoms with Gasteiger partial charge in [0.15, 0.2) is 0 Å². The third-order valence-corrected chi connectivity index (χ3v) is 4.70. The standard InChI is InChI=1S/C17H23N7S/c1-4-18-15-21-16(24(2)3)23-17(22-15)25-14-13(19-10-11-20-14)12-8-6-5-7-9-12/h6,8,10-12H,4-5,7,9H2,1-3H3,(H,18,21,22,23). The molecule has 0 saturated carbocycles. The predicted octanol–water partition coefficient (Wildman–Crippen LogP) is 3.13. The third kappa shape index (κ3) is 4.45. The maximum absolute atomic E-state index is 4.58. The topological polar surface area (TPSA) is 79.7 Å². The van der Waals surface area contributed by atoms with E-state index in [4.69, 9.17) is 0 Å². The molecule has 7 nitrogen and oxygen atoms in total. The van der Waals surface area contributed by atoms with Crippen LogP contribution in [-0.2, 0) is 0 Å². The van der Waals surface area contributed by atoms with Crippen molar-refractivity contribution in [3.05, 3.63) is 30.2 Å². The Morgan fingerprint density at radius 1 is 1.20 bits per heavy atom. The first kappa shape index (κ1) is 17.6. The Morgan fingerprint density at radius 2 is 2.04 bits per heavy atom. The van der Waals surface area contributed by atoms with Crippen molar-refractivity contribution in [2.75, 3.05) is 30.9 Å². The summed E-state index contributed by atoms with van der Waals surface area (Å²) in [5.41, 5.74) is 1.00. The second kappa shape index (κ2) is 8.24. The molecule has 0 fully saturated rings. The summed E-state index contributed by atoms with van der Waals surface area (Å²) in [6.07, 6.45) is 11.4. The van der Waals surface area contributed by atoms with Gasteiger partial charge in [-0.15, -0.1) is 0 Å². The van der Waals surface area contributed by atoms with Crippen LogP contribution in [0.1, 0.15) is 37.8 Å². The highest BCUT2D eigenvalue weighted by Gasteiger charge is 2.19. The van der Waals surface area contributed by atoms with Crippen LogP contribution in [0, 0.1) is 0 Å². The minimum absolute atomic E-state index is 0.313. The van der Waals surface area contributed by atoms with E-state index < -0.39 is 0 Å². The molecule has 1 aliphatic rings. The van der Waals surface area contributed by atoms with Gasteiger partial charge >= 0.3 is 0 Å². The lowest BCUT2D eigenvalue weighted by molar-refractivity contribution is 0.625. The van der Waals surface area contributed by atoms with Crippen molar-refractivity contribution in [3.63, 3.8) is 0 Å². The van der Waals surface area contributed by atoms with Gasteiger partial charge < -0.3 is 10.2 Å². The Labute approximate surface area is 152 Å². The van der Waals surface area contributed by atoms with Crippen molar-refractivity contribution in [1.82, 2.24) is 24.9 Å². The minimum Gasteiger partial charge on any atom is -0.354 e. The average molecular weight is 357 g/mol. The number of allylic oxidation sites excluding steroid dienone is 2. The Kier molecular flexibility index (Phi) is 5.80. The van der Waals surface area contributed by atoms with Gasteiger partial charge in [0.05, 0.1) is 5.69 Å². The van der Waals surface area contributed by atoms with Crippen molar-refractivity contribution in [2.24, 2.45) is 0 Å². The smallest absolute Gasteiger partial charge is 0.230 e. The van der Waals surface area contributed by atoms with Crippen molar-refractivity contribution in [2.45, 2.75) is 42.3 Å². The van der Waals surface area contributed by atoms with Crippen molar-refractivity contribution >= 4 is 23.7 Å². The lowest BCUT2D eigenvalue weighted by atomic mass is 9.93. The van der Waals surface area contributed by atoms with E-state index in [1.165, 1.54) is 18.2 Å². The maximum atomic E-state index is 4.58. The van der Waals surface area contributed by atoms with Gasteiger partial charge in [0.1, 0.15) is 5.03 Å². The van der Waals surface area contributed by atoms with E-state index in [-0.39, 0.29) is 0 Å². The SMILES string of the molecule is CCNc1nc(Sc2nccnc2C2C=CCCC2)nc(N(C)C)n1. The Morgan fingerprint density at radius 3 is 2.76 bits per heavy atom. The molecule has 0 radical (unpaired) electrons. The molecule has 1 atom stereocenters. The zero-order valence-corrected chi connectivity index (χ0v) is 15.6. The molecule has 1 N–H and O–H groups in total. The summed E-state index contributed by atoms with van der Waals surface area (Å²) in [4.78, 5) is 24.4. The fraction of sp³-hybridized carbons (Fsp3) is 0.471. The van der Waals surface area contributed by atoms with Crippen molar-refractivity contribution in [1.29, 1.82) is 0 Å². The monoisotopic (exact) mass is 357 g/mol. The molecule has 0 saturated heterocycles. The summed E-state index contributed by atoms with van der Waals surface area (Å²) in [6.45, 7) is 2.77. The van der Waals surface area contributed by atoms with Crippen LogP contribution in [-0.4, -0.2) is 45.6 Å². The van der Waals surface area contributed by atoms with E-state index in [1.54, 1.807) is 12.4 Å². The highest BCUT2D eigenvalue weighted by molar-refractivity contribution is 7.99. The van der Waals surface area contributed by atoms with Gasteiger partial charge in [-0.3, -0.25) is 4.98 Å². The summed E-state index contributed by atoms with van der Waals surface area (Å²) in [7, 11) is 3.83. The van der Waals surface area contributed by atoms with E-state index in [0.717, 1.165) is 30.1 Å². The van der Waals surface area contributed by atoms with Crippen LogP contribution < -0.4 is 10.2 Å². The average Bonchev–Trinajstić information content (AvgIpc) is 2.63. The van der Waals surface area contributed by atoms with Gasteiger partial charge in [-0.05, 0) is 37.9 Å². The van der Waals surface area contributed by atoms with E-state index in [0.29, 0.717) is 23.0 Å². The number of rotatable bonds is 6. The molecular weight excluding hydrogens is 334 g/mol.